The Kier molecular flexibility index (Phi) is 7.10. The highest BCUT2D eigenvalue weighted by molar-refractivity contribution is 6.39. The molecule has 36 heavy (non-hydrogen) atoms. The lowest BCUT2D eigenvalue weighted by molar-refractivity contribution is -0.136. The van der Waals surface area contributed by atoms with Crippen LogP contribution in [-0.4, -0.2) is 27.4 Å². The van der Waals surface area contributed by atoms with Crippen molar-refractivity contribution in [1.82, 2.24) is 5.16 Å². The van der Waals surface area contributed by atoms with Gasteiger partial charge in [0, 0.05) is 22.6 Å². The number of carbonyl (C=O) groups is 1. The van der Waals surface area contributed by atoms with Crippen LogP contribution in [0.15, 0.2) is 40.9 Å². The topological polar surface area (TPSA) is 92.8 Å². The lowest BCUT2D eigenvalue weighted by atomic mass is 9.78. The molecule has 5 rings (SSSR count). The summed E-state index contributed by atoms with van der Waals surface area (Å²) in [6, 6.07) is 9.40. The molecule has 0 bridgehead atoms. The number of aliphatic hydroxyl groups is 1. The number of halogens is 3. The molecule has 2 fully saturated rings. The van der Waals surface area contributed by atoms with Crippen molar-refractivity contribution in [2.24, 2.45) is 0 Å². The van der Waals surface area contributed by atoms with Crippen molar-refractivity contribution in [3.05, 3.63) is 74.7 Å². The Morgan fingerprint density at radius 2 is 1.83 bits per heavy atom. The second-order valence-corrected chi connectivity index (χ2v) is 10.5. The summed E-state index contributed by atoms with van der Waals surface area (Å²) in [4.78, 5) is 11.1. The molecule has 0 atom stereocenters. The van der Waals surface area contributed by atoms with Crippen LogP contribution in [0.1, 0.15) is 66.9 Å². The molecule has 0 amide bonds. The number of hydrogen-bond acceptors (Lipinski definition) is 5. The molecule has 0 unspecified atom stereocenters. The van der Waals surface area contributed by atoms with Gasteiger partial charge < -0.3 is 19.5 Å². The largest absolute Gasteiger partial charge is 0.481 e. The van der Waals surface area contributed by atoms with Gasteiger partial charge in [-0.05, 0) is 68.4 Å². The van der Waals surface area contributed by atoms with Crippen LogP contribution in [0.25, 0.3) is 11.3 Å². The van der Waals surface area contributed by atoms with Gasteiger partial charge in [-0.2, -0.15) is 0 Å². The minimum Gasteiger partial charge on any atom is -0.481 e. The van der Waals surface area contributed by atoms with E-state index in [2.05, 4.69) is 5.16 Å². The molecular formula is C27H26Cl2FNO5. The summed E-state index contributed by atoms with van der Waals surface area (Å²) in [6.45, 7) is 0.262. The van der Waals surface area contributed by atoms with E-state index >= 15 is 0 Å². The smallest absolute Gasteiger partial charge is 0.307 e. The zero-order valence-corrected chi connectivity index (χ0v) is 21.0. The summed E-state index contributed by atoms with van der Waals surface area (Å²) in [7, 11) is 0. The lowest BCUT2D eigenvalue weighted by Gasteiger charge is -2.36. The summed E-state index contributed by atoms with van der Waals surface area (Å²) in [5.41, 5.74) is 1.26. The number of aliphatic carboxylic acids is 1. The van der Waals surface area contributed by atoms with E-state index in [9.17, 15) is 14.3 Å². The number of carboxylic acid groups (broad SMARTS) is 1. The van der Waals surface area contributed by atoms with E-state index in [-0.39, 0.29) is 24.7 Å². The van der Waals surface area contributed by atoms with Gasteiger partial charge in [0.2, 0.25) is 0 Å². The van der Waals surface area contributed by atoms with Crippen molar-refractivity contribution in [3.8, 4) is 11.3 Å². The van der Waals surface area contributed by atoms with Crippen LogP contribution < -0.4 is 0 Å². The fourth-order valence-corrected chi connectivity index (χ4v) is 5.54. The number of hydrogen-bond donors (Lipinski definition) is 2. The van der Waals surface area contributed by atoms with Crippen molar-refractivity contribution in [2.45, 2.75) is 69.2 Å². The lowest BCUT2D eigenvalue weighted by Crippen LogP contribution is -2.35. The van der Waals surface area contributed by atoms with Crippen molar-refractivity contribution >= 4 is 29.2 Å². The van der Waals surface area contributed by atoms with Gasteiger partial charge in [0.25, 0.3) is 0 Å². The molecule has 2 aliphatic rings. The summed E-state index contributed by atoms with van der Waals surface area (Å²) in [5.74, 6) is -0.437. The Hall–Kier alpha value is -2.45. The van der Waals surface area contributed by atoms with Crippen LogP contribution in [0.5, 0.6) is 0 Å². The van der Waals surface area contributed by atoms with Crippen LogP contribution >= 0.6 is 23.2 Å². The maximum atomic E-state index is 14.6. The zero-order valence-electron chi connectivity index (χ0n) is 19.5. The molecule has 190 valence electrons. The second kappa shape index (κ2) is 10.1. The van der Waals surface area contributed by atoms with Gasteiger partial charge >= 0.3 is 5.97 Å². The molecule has 1 heterocycles. The fraction of sp³-hybridized carbons (Fsp3) is 0.407. The average Bonchev–Trinajstić information content (AvgIpc) is 3.60. The quantitative estimate of drug-likeness (QED) is 0.337. The monoisotopic (exact) mass is 533 g/mol. The molecule has 2 N–H and O–H groups in total. The van der Waals surface area contributed by atoms with Crippen LogP contribution in [0, 0.1) is 5.82 Å². The van der Waals surface area contributed by atoms with E-state index in [4.69, 9.17) is 37.6 Å². The minimum absolute atomic E-state index is 0.144. The first-order valence-electron chi connectivity index (χ1n) is 12.0. The summed E-state index contributed by atoms with van der Waals surface area (Å²) in [6.07, 6.45) is 3.32. The van der Waals surface area contributed by atoms with E-state index in [0.717, 1.165) is 24.2 Å². The highest BCUT2D eigenvalue weighted by Crippen LogP contribution is 2.46. The van der Waals surface area contributed by atoms with Gasteiger partial charge in [0.05, 0.1) is 34.8 Å². The minimum atomic E-state index is -1.37. The predicted molar refractivity (Wildman–Crippen MR) is 133 cm³/mol. The molecule has 2 saturated carbocycles. The van der Waals surface area contributed by atoms with Crippen molar-refractivity contribution in [1.29, 1.82) is 0 Å². The van der Waals surface area contributed by atoms with Crippen LogP contribution in [-0.2, 0) is 28.2 Å². The van der Waals surface area contributed by atoms with Gasteiger partial charge in [0.1, 0.15) is 17.3 Å². The van der Waals surface area contributed by atoms with Crippen molar-refractivity contribution in [2.75, 3.05) is 0 Å². The third-order valence-electron chi connectivity index (χ3n) is 7.08. The van der Waals surface area contributed by atoms with Gasteiger partial charge in [-0.15, -0.1) is 0 Å². The summed E-state index contributed by atoms with van der Waals surface area (Å²) in [5, 5.41) is 25.5. The molecule has 0 aliphatic heterocycles. The SMILES string of the molecule is O=C(O)Cc1ccc(F)c([C@]2(O)CC[C@@H](OCc3c(-c4c(Cl)cccc4Cl)noc3C3CC3)CC2)c1. The Balaban J connectivity index is 1.30. The normalized spacial score (nSPS) is 22.1. The van der Waals surface area contributed by atoms with Gasteiger partial charge in [-0.3, -0.25) is 4.79 Å². The first-order chi connectivity index (χ1) is 17.2. The highest BCUT2D eigenvalue weighted by Gasteiger charge is 2.38. The van der Waals surface area contributed by atoms with E-state index < -0.39 is 17.4 Å². The number of ether oxygens (including phenoxy) is 1. The number of rotatable bonds is 8. The summed E-state index contributed by atoms with van der Waals surface area (Å²) < 4.78 is 26.5. The van der Waals surface area contributed by atoms with E-state index in [1.54, 1.807) is 18.2 Å². The maximum Gasteiger partial charge on any atom is 0.307 e. The highest BCUT2D eigenvalue weighted by atomic mass is 35.5. The molecule has 3 aromatic rings. The first-order valence-corrected chi connectivity index (χ1v) is 12.8. The second-order valence-electron chi connectivity index (χ2n) is 9.67. The maximum absolute atomic E-state index is 14.6. The molecular weight excluding hydrogens is 508 g/mol. The molecule has 0 saturated heterocycles. The summed E-state index contributed by atoms with van der Waals surface area (Å²) >= 11 is 12.9. The van der Waals surface area contributed by atoms with Gasteiger partial charge in [-0.25, -0.2) is 4.39 Å². The third kappa shape index (κ3) is 5.16. The van der Waals surface area contributed by atoms with E-state index in [1.807, 2.05) is 0 Å². The zero-order chi connectivity index (χ0) is 25.4. The number of aromatic nitrogens is 1. The van der Waals surface area contributed by atoms with E-state index in [1.165, 1.54) is 18.2 Å². The number of benzene rings is 2. The Morgan fingerprint density at radius 1 is 1.14 bits per heavy atom. The molecule has 1 aromatic heterocycles. The van der Waals surface area contributed by atoms with Crippen molar-refractivity contribution < 1.29 is 28.7 Å². The van der Waals surface area contributed by atoms with E-state index in [0.29, 0.717) is 58.5 Å². The number of carboxylic acids is 1. The molecule has 9 heteroatoms. The van der Waals surface area contributed by atoms with Gasteiger partial charge in [0.15, 0.2) is 0 Å². The van der Waals surface area contributed by atoms with Crippen LogP contribution in [0.4, 0.5) is 4.39 Å². The standard InChI is InChI=1S/C27H26Cl2FNO5/c28-20-2-1-3-21(29)24(20)25-18(26(36-31-25)16-5-6-16)14-35-17-8-10-27(34,11-9-17)19-12-15(13-23(32)33)4-7-22(19)30/h1-4,7,12,16-17,34H,5-6,8-11,13-14H2,(H,32,33)/t17-,27+. The van der Waals surface area contributed by atoms with Crippen LogP contribution in [0.3, 0.4) is 0 Å². The Bertz CT molecular complexity index is 1260. The van der Waals surface area contributed by atoms with Gasteiger partial charge in [-0.1, -0.05) is 40.5 Å². The molecule has 2 aromatic carbocycles. The molecule has 0 spiro atoms. The Morgan fingerprint density at radius 3 is 2.47 bits per heavy atom. The molecule has 2 aliphatic carbocycles. The first kappa shape index (κ1) is 25.2. The molecule has 0 radical (unpaired) electrons. The predicted octanol–water partition coefficient (Wildman–Crippen LogP) is 6.64. The average molecular weight is 534 g/mol. The van der Waals surface area contributed by atoms with Crippen LogP contribution in [0.2, 0.25) is 10.0 Å². The molecule has 6 nitrogen and oxygen atoms in total. The third-order valence-corrected chi connectivity index (χ3v) is 7.71. The fourth-order valence-electron chi connectivity index (χ4n) is 4.97. The number of nitrogens with zero attached hydrogens (tertiary/aromatic N) is 1. The Labute approximate surface area is 218 Å². The van der Waals surface area contributed by atoms with Crippen molar-refractivity contribution in [3.63, 3.8) is 0 Å².